The normalized spacial score (nSPS) is 12.2. The van der Waals surface area contributed by atoms with Crippen LogP contribution >= 0.6 is 0 Å². The monoisotopic (exact) mass is 273 g/mol. The Bertz CT molecular complexity index is 574. The van der Waals surface area contributed by atoms with Gasteiger partial charge in [0.05, 0.1) is 7.11 Å². The van der Waals surface area contributed by atoms with E-state index in [2.05, 4.69) is 27.1 Å². The molecule has 0 aliphatic carbocycles. The molecule has 2 heterocycles. The lowest BCUT2D eigenvalue weighted by molar-refractivity contribution is 0.392. The summed E-state index contributed by atoms with van der Waals surface area (Å²) in [6, 6.07) is 3.54. The summed E-state index contributed by atoms with van der Waals surface area (Å²) in [5.41, 5.74) is 9.34. The van der Waals surface area contributed by atoms with Gasteiger partial charge in [-0.05, 0) is 37.9 Å². The first kappa shape index (κ1) is 14.3. The highest BCUT2D eigenvalue weighted by Crippen LogP contribution is 2.23. The molecule has 6 nitrogen and oxygen atoms in total. The van der Waals surface area contributed by atoms with Crippen LogP contribution in [-0.2, 0) is 0 Å². The second-order valence-corrected chi connectivity index (χ2v) is 4.73. The van der Waals surface area contributed by atoms with E-state index in [4.69, 9.17) is 10.5 Å². The van der Waals surface area contributed by atoms with Crippen molar-refractivity contribution in [1.29, 1.82) is 0 Å². The van der Waals surface area contributed by atoms with Crippen molar-refractivity contribution in [2.45, 2.75) is 26.7 Å². The zero-order chi connectivity index (χ0) is 14.7. The summed E-state index contributed by atoms with van der Waals surface area (Å²) in [6.07, 6.45) is 0. The van der Waals surface area contributed by atoms with Crippen LogP contribution in [-0.4, -0.2) is 33.8 Å². The number of aromatic nitrogens is 4. The minimum Gasteiger partial charge on any atom is -0.480 e. The number of methoxy groups -OCH3 is 1. The highest BCUT2D eigenvalue weighted by atomic mass is 16.5. The Morgan fingerprint density at radius 3 is 2.25 bits per heavy atom. The van der Waals surface area contributed by atoms with Gasteiger partial charge in [0.2, 0.25) is 5.88 Å². The highest BCUT2D eigenvalue weighted by Gasteiger charge is 2.15. The average molecular weight is 273 g/mol. The van der Waals surface area contributed by atoms with Crippen molar-refractivity contribution in [2.24, 2.45) is 5.73 Å². The summed E-state index contributed by atoms with van der Waals surface area (Å²) in [4.78, 5) is 9.04. The molecule has 1 unspecified atom stereocenters. The van der Waals surface area contributed by atoms with Crippen LogP contribution < -0.4 is 10.5 Å². The lowest BCUT2D eigenvalue weighted by Gasteiger charge is -2.15. The Morgan fingerprint density at radius 1 is 1.15 bits per heavy atom. The van der Waals surface area contributed by atoms with E-state index in [-0.39, 0.29) is 5.92 Å². The second-order valence-electron chi connectivity index (χ2n) is 4.73. The molecule has 0 spiro atoms. The summed E-state index contributed by atoms with van der Waals surface area (Å²) in [5, 5.41) is 8.01. The lowest BCUT2D eigenvalue weighted by Crippen LogP contribution is -2.14. The molecule has 20 heavy (non-hydrogen) atoms. The van der Waals surface area contributed by atoms with Crippen molar-refractivity contribution in [2.75, 3.05) is 13.7 Å². The molecule has 0 saturated heterocycles. The fraction of sp³-hybridized carbons (Fsp3) is 0.429. The van der Waals surface area contributed by atoms with Gasteiger partial charge in [-0.25, -0.2) is 9.97 Å². The first-order valence-electron chi connectivity index (χ1n) is 6.50. The van der Waals surface area contributed by atoms with Gasteiger partial charge in [-0.3, -0.25) is 0 Å². The fourth-order valence-corrected chi connectivity index (χ4v) is 2.22. The van der Waals surface area contributed by atoms with Gasteiger partial charge >= 0.3 is 0 Å². The van der Waals surface area contributed by atoms with Crippen LogP contribution in [0.1, 0.15) is 29.8 Å². The van der Waals surface area contributed by atoms with Crippen molar-refractivity contribution in [3.05, 3.63) is 29.1 Å². The van der Waals surface area contributed by atoms with Crippen LogP contribution in [0.25, 0.3) is 11.5 Å². The molecule has 0 amide bonds. The van der Waals surface area contributed by atoms with Gasteiger partial charge < -0.3 is 10.5 Å². The van der Waals surface area contributed by atoms with Crippen LogP contribution in [0.4, 0.5) is 0 Å². The third-order valence-electron chi connectivity index (χ3n) is 3.25. The minimum atomic E-state index is 0.242. The van der Waals surface area contributed by atoms with Gasteiger partial charge in [0.1, 0.15) is 5.69 Å². The zero-order valence-corrected chi connectivity index (χ0v) is 12.2. The molecule has 0 fully saturated rings. The second kappa shape index (κ2) is 5.92. The molecule has 2 N–H and O–H groups in total. The van der Waals surface area contributed by atoms with Crippen LogP contribution in [0.3, 0.4) is 0 Å². The van der Waals surface area contributed by atoms with E-state index in [0.717, 1.165) is 17.0 Å². The molecule has 2 aromatic rings. The van der Waals surface area contributed by atoms with Crippen molar-refractivity contribution in [3.63, 3.8) is 0 Å². The smallest absolute Gasteiger partial charge is 0.233 e. The Balaban J connectivity index is 2.43. The van der Waals surface area contributed by atoms with Gasteiger partial charge in [-0.2, -0.15) is 0 Å². The maximum absolute atomic E-state index is 5.73. The van der Waals surface area contributed by atoms with Crippen LogP contribution in [0.2, 0.25) is 0 Å². The summed E-state index contributed by atoms with van der Waals surface area (Å²) in [7, 11) is 1.55. The van der Waals surface area contributed by atoms with E-state index in [1.54, 1.807) is 19.2 Å². The van der Waals surface area contributed by atoms with Crippen molar-refractivity contribution >= 4 is 0 Å². The number of rotatable bonds is 4. The molecule has 106 valence electrons. The maximum Gasteiger partial charge on any atom is 0.233 e. The number of nitrogens with two attached hydrogens (primary N) is 1. The van der Waals surface area contributed by atoms with E-state index >= 15 is 0 Å². The molecule has 2 rings (SSSR count). The van der Waals surface area contributed by atoms with Gasteiger partial charge in [0.25, 0.3) is 0 Å². The molecule has 6 heteroatoms. The third-order valence-corrected chi connectivity index (χ3v) is 3.25. The first-order valence-corrected chi connectivity index (χ1v) is 6.50. The Labute approximate surface area is 118 Å². The standard InChI is InChI=1S/C14H19N5O/c1-8(7-15)13-9(2)16-14(17-10(13)3)11-5-6-12(20-4)19-18-11/h5-6,8H,7,15H2,1-4H3. The van der Waals surface area contributed by atoms with E-state index in [1.807, 2.05) is 13.8 Å². The largest absolute Gasteiger partial charge is 0.480 e. The van der Waals surface area contributed by atoms with Crippen molar-refractivity contribution in [3.8, 4) is 17.4 Å². The van der Waals surface area contributed by atoms with Gasteiger partial charge in [-0.1, -0.05) is 6.92 Å². The molecule has 0 radical (unpaired) electrons. The zero-order valence-electron chi connectivity index (χ0n) is 12.2. The van der Waals surface area contributed by atoms with Gasteiger partial charge in [0, 0.05) is 17.5 Å². The molecule has 0 bridgehead atoms. The molecule has 0 aromatic carbocycles. The Kier molecular flexibility index (Phi) is 4.24. The fourth-order valence-electron chi connectivity index (χ4n) is 2.22. The number of hydrogen-bond donors (Lipinski definition) is 1. The number of nitrogens with zero attached hydrogens (tertiary/aromatic N) is 4. The molecule has 2 aromatic heterocycles. The average Bonchev–Trinajstić information content (AvgIpc) is 2.46. The Morgan fingerprint density at radius 2 is 1.80 bits per heavy atom. The van der Waals surface area contributed by atoms with E-state index < -0.39 is 0 Å². The first-order chi connectivity index (χ1) is 9.56. The summed E-state index contributed by atoms with van der Waals surface area (Å²) < 4.78 is 4.99. The summed E-state index contributed by atoms with van der Waals surface area (Å²) >= 11 is 0. The van der Waals surface area contributed by atoms with Crippen LogP contribution in [0.5, 0.6) is 5.88 Å². The van der Waals surface area contributed by atoms with E-state index in [1.165, 1.54) is 0 Å². The Hall–Kier alpha value is -2.08. The highest BCUT2D eigenvalue weighted by molar-refractivity contribution is 5.50. The number of hydrogen-bond acceptors (Lipinski definition) is 6. The quantitative estimate of drug-likeness (QED) is 0.911. The molecule has 0 aliphatic rings. The van der Waals surface area contributed by atoms with Crippen molar-refractivity contribution < 1.29 is 4.74 Å². The third kappa shape index (κ3) is 2.75. The molecule has 0 saturated carbocycles. The van der Waals surface area contributed by atoms with Gasteiger partial charge in [0.15, 0.2) is 5.82 Å². The molecule has 1 atom stereocenters. The SMILES string of the molecule is COc1ccc(-c2nc(C)c(C(C)CN)c(C)n2)nn1. The van der Waals surface area contributed by atoms with Crippen molar-refractivity contribution in [1.82, 2.24) is 20.2 Å². The van der Waals surface area contributed by atoms with Crippen LogP contribution in [0, 0.1) is 13.8 Å². The van der Waals surface area contributed by atoms with E-state index in [9.17, 15) is 0 Å². The molecule has 0 aliphatic heterocycles. The van der Waals surface area contributed by atoms with Gasteiger partial charge in [-0.15, -0.1) is 10.2 Å². The number of ether oxygens (including phenoxy) is 1. The summed E-state index contributed by atoms with van der Waals surface area (Å²) in [6.45, 7) is 6.59. The lowest BCUT2D eigenvalue weighted by atomic mass is 9.98. The van der Waals surface area contributed by atoms with Crippen LogP contribution in [0.15, 0.2) is 12.1 Å². The maximum atomic E-state index is 5.73. The molecular formula is C14H19N5O. The number of aryl methyl sites for hydroxylation is 2. The predicted molar refractivity (Wildman–Crippen MR) is 76.6 cm³/mol. The predicted octanol–water partition coefficient (Wildman–Crippen LogP) is 1.62. The minimum absolute atomic E-state index is 0.242. The molecular weight excluding hydrogens is 254 g/mol. The topological polar surface area (TPSA) is 86.8 Å². The van der Waals surface area contributed by atoms with E-state index in [0.29, 0.717) is 23.9 Å². The summed E-state index contributed by atoms with van der Waals surface area (Å²) in [5.74, 6) is 1.28.